The van der Waals surface area contributed by atoms with Crippen LogP contribution < -0.4 is 20.5 Å². The number of rotatable bonds is 12. The summed E-state index contributed by atoms with van der Waals surface area (Å²) in [6, 6.07) is 18.8. The molecule has 2 heterocycles. The summed E-state index contributed by atoms with van der Waals surface area (Å²) >= 11 is 6.41. The molecule has 0 saturated carbocycles. The molecule has 1 spiro atoms. The van der Waals surface area contributed by atoms with Crippen LogP contribution in [0.1, 0.15) is 24.8 Å². The Kier molecular flexibility index (Phi) is 10.5. The van der Waals surface area contributed by atoms with Crippen LogP contribution in [0.25, 0.3) is 11.1 Å². The Labute approximate surface area is 269 Å². The van der Waals surface area contributed by atoms with Crippen LogP contribution in [0.3, 0.4) is 0 Å². The topological polar surface area (TPSA) is 160 Å². The Balaban J connectivity index is 1.12. The zero-order chi connectivity index (χ0) is 32.2. The van der Waals surface area contributed by atoms with Crippen LogP contribution >= 0.6 is 11.6 Å². The van der Waals surface area contributed by atoms with Crippen molar-refractivity contribution in [3.63, 3.8) is 0 Å². The number of nitrogens with zero attached hydrogens (tertiary/aromatic N) is 1. The van der Waals surface area contributed by atoms with Gasteiger partial charge < -0.3 is 25.6 Å². The third-order valence-electron chi connectivity index (χ3n) is 8.38. The lowest BCUT2D eigenvalue weighted by atomic mass is 9.88. The number of piperidine rings is 1. The number of nitrogens with two attached hydrogens (primary N) is 1. The minimum Gasteiger partial charge on any atom is -0.491 e. The number of hydrogen-bond acceptors (Lipinski definition) is 9. The molecule has 244 valence electrons. The summed E-state index contributed by atoms with van der Waals surface area (Å²) in [6.45, 7) is 1.71. The molecule has 45 heavy (non-hydrogen) atoms. The average Bonchev–Trinajstić information content (AvgIpc) is 3.45. The van der Waals surface area contributed by atoms with E-state index in [4.69, 9.17) is 26.8 Å². The van der Waals surface area contributed by atoms with Gasteiger partial charge in [-0.3, -0.25) is 0 Å². The van der Waals surface area contributed by atoms with E-state index in [1.54, 1.807) is 24.3 Å². The van der Waals surface area contributed by atoms with Crippen molar-refractivity contribution in [3.05, 3.63) is 77.3 Å². The van der Waals surface area contributed by atoms with Crippen molar-refractivity contribution >= 4 is 31.6 Å². The maximum absolute atomic E-state index is 13.7. The van der Waals surface area contributed by atoms with Crippen LogP contribution in [0.2, 0.25) is 5.02 Å². The third-order valence-corrected chi connectivity index (χ3v) is 12.2. The standard InChI is InChI=1S/C31H39ClN4O7S2/c1-34-44(38,39)28-4-2-3-27(16-28)42-21-26(37)19-35-25-17-31(43-20-25)11-13-36(14-12-31)45(40,41)30-15-24(9-10-29(30)32)23-7-5-22(18-33)6-8-23/h2-10,15-16,25-26,34-35,37H,11-14,17-21,33H2,1H3. The van der Waals surface area contributed by atoms with Crippen molar-refractivity contribution in [2.45, 2.75) is 53.3 Å². The summed E-state index contributed by atoms with van der Waals surface area (Å²) in [5, 5.41) is 14.0. The molecule has 0 radical (unpaired) electrons. The minimum absolute atomic E-state index is 0.0105. The van der Waals surface area contributed by atoms with Gasteiger partial charge in [0, 0.05) is 38.3 Å². The first-order valence-corrected chi connectivity index (χ1v) is 18.1. The number of sulfonamides is 2. The van der Waals surface area contributed by atoms with Gasteiger partial charge in [-0.1, -0.05) is 48.0 Å². The molecule has 0 amide bonds. The summed E-state index contributed by atoms with van der Waals surface area (Å²) in [4.78, 5) is 0.159. The SMILES string of the molecule is CNS(=O)(=O)c1cccc(OCC(O)CNC2COC3(CCN(S(=O)(=O)c4cc(-c5ccc(CN)cc5)ccc4Cl)CC3)C2)c1. The second-order valence-electron chi connectivity index (χ2n) is 11.4. The van der Waals surface area contributed by atoms with E-state index in [9.17, 15) is 21.9 Å². The normalized spacial score (nSPS) is 19.5. The largest absolute Gasteiger partial charge is 0.491 e. The second-order valence-corrected chi connectivity index (χ2v) is 15.6. The van der Waals surface area contributed by atoms with E-state index in [2.05, 4.69) is 10.0 Å². The average molecular weight is 679 g/mol. The van der Waals surface area contributed by atoms with Gasteiger partial charge in [0.05, 0.1) is 22.1 Å². The molecule has 3 aromatic rings. The highest BCUT2D eigenvalue weighted by Gasteiger charge is 2.45. The molecule has 2 fully saturated rings. The van der Waals surface area contributed by atoms with Gasteiger partial charge in [0.2, 0.25) is 20.0 Å². The van der Waals surface area contributed by atoms with Crippen molar-refractivity contribution in [2.24, 2.45) is 5.73 Å². The molecule has 0 aliphatic carbocycles. The molecule has 3 aromatic carbocycles. The fraction of sp³-hybridized carbons (Fsp3) is 0.419. The number of ether oxygens (including phenoxy) is 2. The van der Waals surface area contributed by atoms with Crippen molar-refractivity contribution in [3.8, 4) is 16.9 Å². The molecule has 0 aromatic heterocycles. The summed E-state index contributed by atoms with van der Waals surface area (Å²) in [7, 11) is -6.10. The van der Waals surface area contributed by atoms with E-state index >= 15 is 0 Å². The van der Waals surface area contributed by atoms with Crippen LogP contribution in [-0.2, 0) is 31.3 Å². The van der Waals surface area contributed by atoms with Gasteiger partial charge in [0.15, 0.2) is 0 Å². The van der Waals surface area contributed by atoms with Gasteiger partial charge in [-0.15, -0.1) is 0 Å². The Morgan fingerprint density at radius 2 is 1.78 bits per heavy atom. The van der Waals surface area contributed by atoms with E-state index in [1.807, 2.05) is 30.3 Å². The molecule has 5 N–H and O–H groups in total. The smallest absolute Gasteiger partial charge is 0.244 e. The molecule has 2 aliphatic rings. The molecule has 2 unspecified atom stereocenters. The number of nitrogens with one attached hydrogen (secondary N) is 2. The molecule has 11 nitrogen and oxygen atoms in total. The van der Waals surface area contributed by atoms with Crippen LogP contribution in [0.5, 0.6) is 5.75 Å². The third kappa shape index (κ3) is 7.87. The lowest BCUT2D eigenvalue weighted by molar-refractivity contribution is -0.0312. The predicted octanol–water partition coefficient (Wildman–Crippen LogP) is 2.72. The monoisotopic (exact) mass is 678 g/mol. The Hall–Kier alpha value is -2.59. The second kappa shape index (κ2) is 14.0. The van der Waals surface area contributed by atoms with Crippen LogP contribution in [0.4, 0.5) is 0 Å². The van der Waals surface area contributed by atoms with E-state index < -0.39 is 31.8 Å². The summed E-state index contributed by atoms with van der Waals surface area (Å²) < 4.78 is 66.9. The molecule has 2 saturated heterocycles. The number of halogens is 1. The van der Waals surface area contributed by atoms with E-state index in [0.29, 0.717) is 51.3 Å². The Morgan fingerprint density at radius 3 is 2.47 bits per heavy atom. The predicted molar refractivity (Wildman–Crippen MR) is 172 cm³/mol. The fourth-order valence-electron chi connectivity index (χ4n) is 5.71. The van der Waals surface area contributed by atoms with Gasteiger partial charge in [-0.25, -0.2) is 21.6 Å². The van der Waals surface area contributed by atoms with Gasteiger partial charge in [0.25, 0.3) is 0 Å². The Bertz CT molecular complexity index is 1700. The highest BCUT2D eigenvalue weighted by atomic mass is 35.5. The van der Waals surface area contributed by atoms with Crippen molar-refractivity contribution < 1.29 is 31.4 Å². The molecule has 2 aliphatic heterocycles. The van der Waals surface area contributed by atoms with Crippen molar-refractivity contribution in [1.29, 1.82) is 0 Å². The van der Waals surface area contributed by atoms with Gasteiger partial charge in [-0.2, -0.15) is 4.31 Å². The fourth-order valence-corrected chi connectivity index (χ4v) is 8.42. The number of aliphatic hydroxyl groups is 1. The highest BCUT2D eigenvalue weighted by molar-refractivity contribution is 7.89. The first-order valence-electron chi connectivity index (χ1n) is 14.8. The molecule has 2 atom stereocenters. The van der Waals surface area contributed by atoms with Gasteiger partial charge >= 0.3 is 0 Å². The number of aliphatic hydroxyl groups excluding tert-OH is 1. The van der Waals surface area contributed by atoms with Crippen molar-refractivity contribution in [2.75, 3.05) is 39.9 Å². The maximum Gasteiger partial charge on any atom is 0.244 e. The van der Waals surface area contributed by atoms with Crippen LogP contribution in [-0.4, -0.2) is 83.9 Å². The van der Waals surface area contributed by atoms with Crippen molar-refractivity contribution in [1.82, 2.24) is 14.3 Å². The van der Waals surface area contributed by atoms with Crippen LogP contribution in [0.15, 0.2) is 76.5 Å². The summed E-state index contributed by atoms with van der Waals surface area (Å²) in [6.07, 6.45) is 0.935. The molecular formula is C31H39ClN4O7S2. The molecule has 0 bridgehead atoms. The lowest BCUT2D eigenvalue weighted by Gasteiger charge is -2.38. The minimum atomic E-state index is -3.83. The maximum atomic E-state index is 13.7. The number of benzene rings is 3. The van der Waals surface area contributed by atoms with Gasteiger partial charge in [0.1, 0.15) is 23.4 Å². The van der Waals surface area contributed by atoms with E-state index in [1.165, 1.54) is 23.5 Å². The molecule has 14 heteroatoms. The zero-order valence-electron chi connectivity index (χ0n) is 25.0. The highest BCUT2D eigenvalue weighted by Crippen LogP contribution is 2.38. The van der Waals surface area contributed by atoms with Gasteiger partial charge in [-0.05, 0) is 67.3 Å². The zero-order valence-corrected chi connectivity index (χ0v) is 27.4. The summed E-state index contributed by atoms with van der Waals surface area (Å²) in [5.74, 6) is 0.337. The summed E-state index contributed by atoms with van der Waals surface area (Å²) in [5.41, 5.74) is 7.88. The lowest BCUT2D eigenvalue weighted by Crippen LogP contribution is -2.47. The molecule has 5 rings (SSSR count). The first kappa shape index (κ1) is 33.8. The first-order chi connectivity index (χ1) is 21.4. The molecular weight excluding hydrogens is 640 g/mol. The Morgan fingerprint density at radius 1 is 1.07 bits per heavy atom. The quantitative estimate of drug-likeness (QED) is 0.226. The van der Waals surface area contributed by atoms with E-state index in [-0.39, 0.29) is 34.0 Å². The van der Waals surface area contributed by atoms with Crippen LogP contribution in [0, 0.1) is 0 Å². The number of hydrogen-bond donors (Lipinski definition) is 4. The van der Waals surface area contributed by atoms with E-state index in [0.717, 1.165) is 16.7 Å².